The van der Waals surface area contributed by atoms with Crippen molar-refractivity contribution in [3.8, 4) is 0 Å². The molecule has 0 radical (unpaired) electrons. The zero-order valence-corrected chi connectivity index (χ0v) is 5.59. The minimum atomic E-state index is -0.329. The summed E-state index contributed by atoms with van der Waals surface area (Å²) in [7, 11) is 0. The van der Waals surface area contributed by atoms with Crippen molar-refractivity contribution in [2.75, 3.05) is 6.79 Å². The van der Waals surface area contributed by atoms with Crippen LogP contribution in [0.1, 0.15) is 13.8 Å². The predicted octanol–water partition coefficient (Wildman–Crippen LogP) is 0.337. The molecule has 0 aromatic carbocycles. The lowest BCUT2D eigenvalue weighted by atomic mass is 10.2. The van der Waals surface area contributed by atoms with Crippen LogP contribution >= 0.6 is 0 Å². The maximum absolute atomic E-state index is 10.7. The second-order valence-corrected chi connectivity index (χ2v) is 2.19. The van der Waals surface area contributed by atoms with Crippen molar-refractivity contribution in [3.63, 3.8) is 0 Å². The molecule has 0 aliphatic carbocycles. The summed E-state index contributed by atoms with van der Waals surface area (Å²) >= 11 is 0. The van der Waals surface area contributed by atoms with Crippen molar-refractivity contribution in [3.05, 3.63) is 0 Å². The average Bonchev–Trinajstić information content (AvgIpc) is 2.13. The summed E-state index contributed by atoms with van der Waals surface area (Å²) in [6.07, 6.45) is -0.396. The molecule has 52 valence electrons. The highest BCUT2D eigenvalue weighted by Crippen LogP contribution is 2.12. The summed E-state index contributed by atoms with van der Waals surface area (Å²) in [5, 5.41) is 0. The Labute approximate surface area is 53.9 Å². The smallest absolute Gasteiger partial charge is 0.161 e. The first-order valence-corrected chi connectivity index (χ1v) is 2.95. The minimum absolute atomic E-state index is 0.0417. The van der Waals surface area contributed by atoms with Crippen LogP contribution in [-0.4, -0.2) is 24.8 Å². The third-order valence-electron chi connectivity index (χ3n) is 1.41. The normalized spacial score (nSPS) is 34.9. The van der Waals surface area contributed by atoms with Gasteiger partial charge in [0.1, 0.15) is 12.9 Å². The van der Waals surface area contributed by atoms with E-state index in [-0.39, 0.29) is 24.8 Å². The number of carbonyl (C=O) groups excluding carboxylic acids is 1. The molecule has 1 rings (SSSR count). The summed E-state index contributed by atoms with van der Waals surface area (Å²) in [5.74, 6) is 0.0417. The van der Waals surface area contributed by atoms with Crippen LogP contribution in [0.5, 0.6) is 0 Å². The first-order valence-electron chi connectivity index (χ1n) is 2.95. The van der Waals surface area contributed by atoms with Crippen LogP contribution in [0.15, 0.2) is 0 Å². The van der Waals surface area contributed by atoms with Crippen LogP contribution in [0.3, 0.4) is 0 Å². The minimum Gasteiger partial charge on any atom is -0.349 e. The number of ketones is 1. The number of Topliss-reactive ketones (excluding diaryl/α,β-unsaturated/α-hetero) is 1. The molecule has 3 nitrogen and oxygen atoms in total. The molecule has 0 amide bonds. The fraction of sp³-hybridized carbons (Fsp3) is 0.833. The van der Waals surface area contributed by atoms with Crippen molar-refractivity contribution in [2.24, 2.45) is 0 Å². The Morgan fingerprint density at radius 3 is 2.44 bits per heavy atom. The van der Waals surface area contributed by atoms with Gasteiger partial charge in [-0.3, -0.25) is 4.79 Å². The highest BCUT2D eigenvalue weighted by Gasteiger charge is 2.28. The van der Waals surface area contributed by atoms with Crippen LogP contribution in [0, 0.1) is 0 Å². The third-order valence-corrected chi connectivity index (χ3v) is 1.41. The van der Waals surface area contributed by atoms with E-state index in [1.807, 2.05) is 6.92 Å². The number of rotatable bonds is 1. The number of carbonyl (C=O) groups is 1. The first-order chi connectivity index (χ1) is 4.22. The molecule has 0 aromatic heterocycles. The molecule has 2 atom stereocenters. The molecule has 9 heavy (non-hydrogen) atoms. The van der Waals surface area contributed by atoms with Crippen LogP contribution in [-0.2, 0) is 14.3 Å². The summed E-state index contributed by atoms with van der Waals surface area (Å²) in [6, 6.07) is 0. The lowest BCUT2D eigenvalue weighted by molar-refractivity contribution is -0.125. The monoisotopic (exact) mass is 130 g/mol. The second kappa shape index (κ2) is 2.45. The van der Waals surface area contributed by atoms with E-state index in [1.54, 1.807) is 0 Å². The van der Waals surface area contributed by atoms with Crippen molar-refractivity contribution < 1.29 is 14.3 Å². The zero-order chi connectivity index (χ0) is 6.85. The van der Waals surface area contributed by atoms with Gasteiger partial charge in [0, 0.05) is 0 Å². The second-order valence-electron chi connectivity index (χ2n) is 2.19. The Bertz CT molecular complexity index is 121. The fourth-order valence-corrected chi connectivity index (χ4v) is 0.891. The standard InChI is InChI=1S/C6H10O3/c1-4(7)6-5(2)8-3-9-6/h5-6H,3H2,1-2H3. The van der Waals surface area contributed by atoms with E-state index >= 15 is 0 Å². The van der Waals surface area contributed by atoms with Crippen molar-refractivity contribution in [1.82, 2.24) is 0 Å². The van der Waals surface area contributed by atoms with Gasteiger partial charge in [-0.15, -0.1) is 0 Å². The maximum Gasteiger partial charge on any atom is 0.161 e. The van der Waals surface area contributed by atoms with Gasteiger partial charge < -0.3 is 9.47 Å². The summed E-state index contributed by atoms with van der Waals surface area (Å²) in [6.45, 7) is 3.60. The molecule has 0 aromatic rings. The number of hydrogen-bond acceptors (Lipinski definition) is 3. The molecular weight excluding hydrogens is 120 g/mol. The van der Waals surface area contributed by atoms with Crippen LogP contribution in [0.25, 0.3) is 0 Å². The Morgan fingerprint density at radius 1 is 1.56 bits per heavy atom. The molecule has 1 aliphatic rings. The zero-order valence-electron chi connectivity index (χ0n) is 5.59. The van der Waals surface area contributed by atoms with Gasteiger partial charge in [-0.05, 0) is 13.8 Å². The molecule has 1 saturated heterocycles. The quantitative estimate of drug-likeness (QED) is 0.513. The van der Waals surface area contributed by atoms with Gasteiger partial charge in [0.25, 0.3) is 0 Å². The van der Waals surface area contributed by atoms with Gasteiger partial charge in [-0.2, -0.15) is 0 Å². The average molecular weight is 130 g/mol. The van der Waals surface area contributed by atoms with Gasteiger partial charge in [-0.1, -0.05) is 0 Å². The summed E-state index contributed by atoms with van der Waals surface area (Å²) < 4.78 is 9.94. The van der Waals surface area contributed by atoms with E-state index in [9.17, 15) is 4.79 Å². The molecule has 3 heteroatoms. The van der Waals surface area contributed by atoms with E-state index in [4.69, 9.17) is 9.47 Å². The van der Waals surface area contributed by atoms with Gasteiger partial charge in [-0.25, -0.2) is 0 Å². The lowest BCUT2D eigenvalue weighted by Crippen LogP contribution is -2.26. The molecule has 0 spiro atoms. The number of hydrogen-bond donors (Lipinski definition) is 0. The van der Waals surface area contributed by atoms with E-state index in [2.05, 4.69) is 0 Å². The number of ether oxygens (including phenoxy) is 2. The largest absolute Gasteiger partial charge is 0.349 e. The molecule has 2 unspecified atom stereocenters. The van der Waals surface area contributed by atoms with E-state index < -0.39 is 0 Å². The van der Waals surface area contributed by atoms with Gasteiger partial charge in [0.2, 0.25) is 0 Å². The van der Waals surface area contributed by atoms with Crippen LogP contribution < -0.4 is 0 Å². The van der Waals surface area contributed by atoms with Crippen LogP contribution in [0.2, 0.25) is 0 Å². The topological polar surface area (TPSA) is 35.5 Å². The first kappa shape index (κ1) is 6.71. The molecule has 0 saturated carbocycles. The van der Waals surface area contributed by atoms with E-state index in [0.29, 0.717) is 0 Å². The molecule has 0 N–H and O–H groups in total. The van der Waals surface area contributed by atoms with Gasteiger partial charge in [0.05, 0.1) is 6.10 Å². The maximum atomic E-state index is 10.7. The molecule has 0 bridgehead atoms. The third kappa shape index (κ3) is 1.28. The molecular formula is C6H10O3. The van der Waals surface area contributed by atoms with Gasteiger partial charge >= 0.3 is 0 Å². The highest BCUT2D eigenvalue weighted by molar-refractivity contribution is 5.81. The molecule has 1 aliphatic heterocycles. The predicted molar refractivity (Wildman–Crippen MR) is 31.0 cm³/mol. The van der Waals surface area contributed by atoms with Crippen molar-refractivity contribution in [1.29, 1.82) is 0 Å². The molecule has 1 heterocycles. The van der Waals surface area contributed by atoms with Gasteiger partial charge in [0.15, 0.2) is 5.78 Å². The van der Waals surface area contributed by atoms with E-state index in [0.717, 1.165) is 0 Å². The Hall–Kier alpha value is -0.410. The van der Waals surface area contributed by atoms with Crippen molar-refractivity contribution >= 4 is 5.78 Å². The van der Waals surface area contributed by atoms with Crippen LogP contribution in [0.4, 0.5) is 0 Å². The summed E-state index contributed by atoms with van der Waals surface area (Å²) in [4.78, 5) is 10.7. The highest BCUT2D eigenvalue weighted by atomic mass is 16.7. The lowest BCUT2D eigenvalue weighted by Gasteiger charge is -2.06. The Morgan fingerprint density at radius 2 is 2.22 bits per heavy atom. The summed E-state index contributed by atoms with van der Waals surface area (Å²) in [5.41, 5.74) is 0. The fourth-order valence-electron chi connectivity index (χ4n) is 0.891. The Kier molecular flexibility index (Phi) is 1.83. The SMILES string of the molecule is CC(=O)C1OCOC1C. The Balaban J connectivity index is 2.49. The van der Waals surface area contributed by atoms with E-state index in [1.165, 1.54) is 6.92 Å². The van der Waals surface area contributed by atoms with Crippen molar-refractivity contribution in [2.45, 2.75) is 26.1 Å². The molecule has 1 fully saturated rings.